The molecule has 16 heavy (non-hydrogen) atoms. The van der Waals surface area contributed by atoms with E-state index < -0.39 is 11.9 Å². The smallest absolute Gasteiger partial charge is 0.351 e. The second-order valence-corrected chi connectivity index (χ2v) is 3.77. The molecule has 1 unspecified atom stereocenters. The van der Waals surface area contributed by atoms with Gasteiger partial charge in [0.05, 0.1) is 18.8 Å². The molecule has 7 heteroatoms. The fourth-order valence-corrected chi connectivity index (χ4v) is 1.78. The predicted molar refractivity (Wildman–Crippen MR) is 56.5 cm³/mol. The average molecular weight is 226 g/mol. The van der Waals surface area contributed by atoms with E-state index in [1.807, 2.05) is 0 Å². The molecule has 0 radical (unpaired) electrons. The summed E-state index contributed by atoms with van der Waals surface area (Å²) in [5.74, 6) is 0.159. The summed E-state index contributed by atoms with van der Waals surface area (Å²) in [6.45, 7) is -0.110. The lowest BCUT2D eigenvalue weighted by molar-refractivity contribution is -0.0278. The van der Waals surface area contributed by atoms with E-state index in [0.717, 1.165) is 0 Å². The van der Waals surface area contributed by atoms with Gasteiger partial charge in [0.2, 0.25) is 0 Å². The van der Waals surface area contributed by atoms with Gasteiger partial charge in [0.15, 0.2) is 6.23 Å². The Hall–Kier alpha value is -1.44. The summed E-state index contributed by atoms with van der Waals surface area (Å²) in [6, 6.07) is 1.17. The van der Waals surface area contributed by atoms with Crippen LogP contribution in [-0.4, -0.2) is 33.4 Å². The molecule has 1 aromatic rings. The first-order valence-corrected chi connectivity index (χ1v) is 4.98. The fourth-order valence-electron chi connectivity index (χ4n) is 1.78. The molecule has 1 saturated heterocycles. The standard InChI is InChI=1S/C9H14N4O3/c10-6-3-5(4-14)16-8(6)13-2-1-7(11)12-9(13)15/h1-2,5-6,8,14H,3-4,10H2,(H2,11,12,15)/t5-,6-,8?/m0/s1. The summed E-state index contributed by atoms with van der Waals surface area (Å²) in [5.41, 5.74) is 10.7. The first kappa shape index (κ1) is 11.1. The molecule has 0 amide bonds. The molecule has 88 valence electrons. The molecule has 5 N–H and O–H groups in total. The minimum atomic E-state index is -0.585. The van der Waals surface area contributed by atoms with Crippen molar-refractivity contribution in [2.45, 2.75) is 24.8 Å². The van der Waals surface area contributed by atoms with Gasteiger partial charge in [0.1, 0.15) is 5.82 Å². The Balaban J connectivity index is 2.28. The van der Waals surface area contributed by atoms with Crippen molar-refractivity contribution in [2.75, 3.05) is 12.3 Å². The largest absolute Gasteiger partial charge is 0.394 e. The average Bonchev–Trinajstić information content (AvgIpc) is 2.60. The summed E-state index contributed by atoms with van der Waals surface area (Å²) >= 11 is 0. The number of ether oxygens (including phenoxy) is 1. The van der Waals surface area contributed by atoms with Crippen molar-refractivity contribution in [1.82, 2.24) is 9.55 Å². The van der Waals surface area contributed by atoms with E-state index in [4.69, 9.17) is 21.3 Å². The van der Waals surface area contributed by atoms with E-state index in [1.54, 1.807) is 0 Å². The normalized spacial score (nSPS) is 29.5. The Kier molecular flexibility index (Phi) is 2.90. The molecule has 0 bridgehead atoms. The van der Waals surface area contributed by atoms with Crippen LogP contribution in [0.1, 0.15) is 12.6 Å². The Morgan fingerprint density at radius 1 is 1.69 bits per heavy atom. The molecule has 2 heterocycles. The first-order chi connectivity index (χ1) is 7.61. The van der Waals surface area contributed by atoms with Gasteiger partial charge >= 0.3 is 5.69 Å². The Labute approximate surface area is 91.6 Å². The molecule has 7 nitrogen and oxygen atoms in total. The third-order valence-corrected chi connectivity index (χ3v) is 2.56. The summed E-state index contributed by atoms with van der Waals surface area (Å²) in [6.07, 6.45) is 1.09. The van der Waals surface area contributed by atoms with Gasteiger partial charge < -0.3 is 21.3 Å². The van der Waals surface area contributed by atoms with Crippen molar-refractivity contribution < 1.29 is 9.84 Å². The number of nitrogens with zero attached hydrogens (tertiary/aromatic N) is 2. The zero-order valence-corrected chi connectivity index (χ0v) is 8.61. The molecular weight excluding hydrogens is 212 g/mol. The van der Waals surface area contributed by atoms with Crippen LogP contribution in [0, 0.1) is 0 Å². The minimum absolute atomic E-state index is 0.110. The van der Waals surface area contributed by atoms with E-state index >= 15 is 0 Å². The van der Waals surface area contributed by atoms with Gasteiger partial charge in [-0.15, -0.1) is 0 Å². The number of hydrogen-bond donors (Lipinski definition) is 3. The second kappa shape index (κ2) is 4.20. The van der Waals surface area contributed by atoms with E-state index in [2.05, 4.69) is 4.98 Å². The second-order valence-electron chi connectivity index (χ2n) is 3.77. The van der Waals surface area contributed by atoms with Crippen LogP contribution in [0.2, 0.25) is 0 Å². The molecule has 1 aromatic heterocycles. The van der Waals surface area contributed by atoms with Gasteiger partial charge in [-0.05, 0) is 12.5 Å². The quantitative estimate of drug-likeness (QED) is 0.561. The number of aliphatic hydroxyl groups is 1. The molecule has 1 aliphatic heterocycles. The number of hydrogen-bond acceptors (Lipinski definition) is 6. The Morgan fingerprint density at radius 3 is 3.00 bits per heavy atom. The maximum Gasteiger partial charge on any atom is 0.351 e. The highest BCUT2D eigenvalue weighted by molar-refractivity contribution is 5.23. The molecule has 0 saturated carbocycles. The number of rotatable bonds is 2. The van der Waals surface area contributed by atoms with E-state index in [-0.39, 0.29) is 24.6 Å². The highest BCUT2D eigenvalue weighted by atomic mass is 16.5. The first-order valence-electron chi connectivity index (χ1n) is 4.98. The van der Waals surface area contributed by atoms with E-state index in [9.17, 15) is 4.79 Å². The van der Waals surface area contributed by atoms with Gasteiger partial charge in [-0.1, -0.05) is 0 Å². The molecular formula is C9H14N4O3. The van der Waals surface area contributed by atoms with Crippen LogP contribution in [0.15, 0.2) is 17.1 Å². The summed E-state index contributed by atoms with van der Waals surface area (Å²) < 4.78 is 6.73. The maximum absolute atomic E-state index is 11.5. The number of aliphatic hydroxyl groups excluding tert-OH is 1. The van der Waals surface area contributed by atoms with Crippen molar-refractivity contribution >= 4 is 5.82 Å². The molecule has 0 aromatic carbocycles. The SMILES string of the molecule is Nc1ccn(C2O[C@H](CO)C[C@@H]2N)c(=O)n1. The zero-order valence-electron chi connectivity index (χ0n) is 8.61. The van der Waals surface area contributed by atoms with Crippen molar-refractivity contribution in [1.29, 1.82) is 0 Å². The molecule has 3 atom stereocenters. The van der Waals surface area contributed by atoms with Crippen LogP contribution in [-0.2, 0) is 4.74 Å². The molecule has 2 rings (SSSR count). The highest BCUT2D eigenvalue weighted by Crippen LogP contribution is 2.25. The van der Waals surface area contributed by atoms with Crippen LogP contribution in [0.4, 0.5) is 5.82 Å². The fraction of sp³-hybridized carbons (Fsp3) is 0.556. The van der Waals surface area contributed by atoms with Crippen molar-refractivity contribution in [3.05, 3.63) is 22.7 Å². The Morgan fingerprint density at radius 2 is 2.44 bits per heavy atom. The lowest BCUT2D eigenvalue weighted by Crippen LogP contribution is -2.35. The zero-order chi connectivity index (χ0) is 11.7. The van der Waals surface area contributed by atoms with Gasteiger partial charge in [-0.25, -0.2) is 4.79 Å². The minimum Gasteiger partial charge on any atom is -0.394 e. The lowest BCUT2D eigenvalue weighted by atomic mass is 10.2. The summed E-state index contributed by atoms with van der Waals surface area (Å²) in [4.78, 5) is 15.1. The molecule has 1 aliphatic rings. The predicted octanol–water partition coefficient (Wildman–Crippen LogP) is -1.57. The van der Waals surface area contributed by atoms with Crippen molar-refractivity contribution in [3.63, 3.8) is 0 Å². The lowest BCUT2D eigenvalue weighted by Gasteiger charge is -2.17. The third kappa shape index (κ3) is 1.92. The number of anilines is 1. The van der Waals surface area contributed by atoms with Crippen molar-refractivity contribution in [2.24, 2.45) is 5.73 Å². The van der Waals surface area contributed by atoms with Crippen LogP contribution in [0.5, 0.6) is 0 Å². The third-order valence-electron chi connectivity index (χ3n) is 2.56. The van der Waals surface area contributed by atoms with Gasteiger partial charge in [-0.2, -0.15) is 4.98 Å². The van der Waals surface area contributed by atoms with E-state index in [1.165, 1.54) is 16.8 Å². The van der Waals surface area contributed by atoms with E-state index in [0.29, 0.717) is 6.42 Å². The van der Waals surface area contributed by atoms with Crippen LogP contribution < -0.4 is 17.2 Å². The Bertz CT molecular complexity index is 433. The van der Waals surface area contributed by atoms with Gasteiger partial charge in [0.25, 0.3) is 0 Å². The van der Waals surface area contributed by atoms with Crippen molar-refractivity contribution in [3.8, 4) is 0 Å². The maximum atomic E-state index is 11.5. The number of nitrogen functional groups attached to an aromatic ring is 1. The molecule has 1 fully saturated rings. The van der Waals surface area contributed by atoms with Crippen LogP contribution in [0.3, 0.4) is 0 Å². The molecule has 0 aliphatic carbocycles. The van der Waals surface area contributed by atoms with Crippen LogP contribution in [0.25, 0.3) is 0 Å². The topological polar surface area (TPSA) is 116 Å². The summed E-state index contributed by atoms with van der Waals surface area (Å²) in [5, 5.41) is 8.96. The molecule has 0 spiro atoms. The van der Waals surface area contributed by atoms with Gasteiger partial charge in [-0.3, -0.25) is 4.57 Å². The highest BCUT2D eigenvalue weighted by Gasteiger charge is 2.34. The number of aromatic nitrogens is 2. The number of nitrogens with two attached hydrogens (primary N) is 2. The summed E-state index contributed by atoms with van der Waals surface area (Å²) in [7, 11) is 0. The monoisotopic (exact) mass is 226 g/mol. The van der Waals surface area contributed by atoms with Crippen LogP contribution >= 0.6 is 0 Å². The van der Waals surface area contributed by atoms with Gasteiger partial charge in [0, 0.05) is 6.20 Å².